The van der Waals surface area contributed by atoms with Gasteiger partial charge in [-0.2, -0.15) is 4.98 Å². The van der Waals surface area contributed by atoms with Crippen LogP contribution < -0.4 is 11.0 Å². The van der Waals surface area contributed by atoms with Crippen LogP contribution in [0.25, 0.3) is 0 Å². The van der Waals surface area contributed by atoms with Crippen molar-refractivity contribution in [2.75, 3.05) is 18.5 Å². The van der Waals surface area contributed by atoms with Gasteiger partial charge in [-0.25, -0.2) is 19.2 Å². The minimum atomic E-state index is -2.23. The lowest BCUT2D eigenvalue weighted by Crippen LogP contribution is -2.56. The van der Waals surface area contributed by atoms with E-state index in [0.717, 1.165) is 26.8 Å². The molecule has 4 atom stereocenters. The number of carbonyl (C=O) groups excluding carboxylic acids is 4. The monoisotopic (exact) mass is 821 g/mol. The van der Waals surface area contributed by atoms with Gasteiger partial charge in [-0.1, -0.05) is 102 Å². The Balaban J connectivity index is 1.33. The molecule has 0 spiro atoms. The van der Waals surface area contributed by atoms with Gasteiger partial charge in [0, 0.05) is 11.8 Å². The van der Waals surface area contributed by atoms with Crippen LogP contribution >= 0.6 is 0 Å². The first-order valence-electron chi connectivity index (χ1n) is 19.5. The first-order chi connectivity index (χ1) is 29.5. The highest BCUT2D eigenvalue weighted by atomic mass is 16.7. The van der Waals surface area contributed by atoms with Crippen molar-refractivity contribution < 1.29 is 42.9 Å². The lowest BCUT2D eigenvalue weighted by atomic mass is 10.0. The third-order valence-corrected chi connectivity index (χ3v) is 10.1. The highest BCUT2D eigenvalue weighted by Gasteiger charge is 2.62. The summed E-state index contributed by atoms with van der Waals surface area (Å²) < 4.78 is 32.3. The van der Waals surface area contributed by atoms with Crippen LogP contribution in [0.3, 0.4) is 0 Å². The molecule has 1 aromatic heterocycles. The number of anilines is 1. The highest BCUT2D eigenvalue weighted by Crippen LogP contribution is 2.41. The molecule has 5 aromatic carbocycles. The smallest absolute Gasteiger partial charge is 0.352 e. The Morgan fingerprint density at radius 3 is 1.74 bits per heavy atom. The molecule has 1 saturated heterocycles. The zero-order valence-electron chi connectivity index (χ0n) is 33.7. The SMILES string of the molecule is Cc1ccc(C(=O)OC[C@@]2(n3ccc(NC(=O)c4ccccc4)nc3=O)O[C@H](COCc3ccccc3)[C@@H](OC(=O)c3ccc(C)cc3)[C@H]2OC(=O)c2ccc(C)cc2)cc1. The summed E-state index contributed by atoms with van der Waals surface area (Å²) in [6.07, 6.45) is -3.08. The zero-order valence-corrected chi connectivity index (χ0v) is 33.7. The molecule has 0 saturated carbocycles. The van der Waals surface area contributed by atoms with Crippen LogP contribution in [0.5, 0.6) is 0 Å². The van der Waals surface area contributed by atoms with E-state index in [1.54, 1.807) is 103 Å². The molecule has 1 N–H and O–H groups in total. The number of hydrogen-bond donors (Lipinski definition) is 1. The molecule has 6 aromatic rings. The van der Waals surface area contributed by atoms with Crippen LogP contribution in [0.15, 0.2) is 151 Å². The van der Waals surface area contributed by atoms with Crippen LogP contribution in [-0.2, 0) is 36.0 Å². The van der Waals surface area contributed by atoms with Gasteiger partial charge in [-0.15, -0.1) is 0 Å². The summed E-state index contributed by atoms with van der Waals surface area (Å²) in [6.45, 7) is 4.75. The van der Waals surface area contributed by atoms with Gasteiger partial charge in [0.05, 0.1) is 29.9 Å². The maximum absolute atomic E-state index is 14.3. The van der Waals surface area contributed by atoms with Crippen LogP contribution in [0.1, 0.15) is 63.7 Å². The topological polar surface area (TPSA) is 161 Å². The Morgan fingerprint density at radius 2 is 1.18 bits per heavy atom. The van der Waals surface area contributed by atoms with Crippen LogP contribution in [-0.4, -0.2) is 64.9 Å². The fourth-order valence-corrected chi connectivity index (χ4v) is 6.76. The Bertz CT molecular complexity index is 2540. The lowest BCUT2D eigenvalue weighted by Gasteiger charge is -2.35. The van der Waals surface area contributed by atoms with Crippen molar-refractivity contribution in [3.63, 3.8) is 0 Å². The van der Waals surface area contributed by atoms with E-state index in [1.807, 2.05) is 51.1 Å². The van der Waals surface area contributed by atoms with E-state index in [2.05, 4.69) is 10.3 Å². The summed E-state index contributed by atoms with van der Waals surface area (Å²) in [5.41, 5.74) is 1.18. The second-order valence-electron chi connectivity index (χ2n) is 14.7. The fourth-order valence-electron chi connectivity index (χ4n) is 6.76. The van der Waals surface area contributed by atoms with E-state index in [4.69, 9.17) is 23.7 Å². The first kappa shape index (κ1) is 41.9. The second-order valence-corrected chi connectivity index (χ2v) is 14.7. The van der Waals surface area contributed by atoms with Gasteiger partial charge in [0.25, 0.3) is 5.91 Å². The van der Waals surface area contributed by atoms with E-state index in [-0.39, 0.29) is 35.7 Å². The van der Waals surface area contributed by atoms with Gasteiger partial charge in [0.1, 0.15) is 18.5 Å². The number of aryl methyl sites for hydroxylation is 3. The average molecular weight is 822 g/mol. The van der Waals surface area contributed by atoms with E-state index in [1.165, 1.54) is 12.3 Å². The summed E-state index contributed by atoms with van der Waals surface area (Å²) in [5, 5.41) is 2.62. The number of hydrogen-bond acceptors (Lipinski definition) is 11. The molecule has 1 aliphatic heterocycles. The minimum absolute atomic E-state index is 0.0989. The van der Waals surface area contributed by atoms with Gasteiger partial charge in [-0.3, -0.25) is 9.36 Å². The summed E-state index contributed by atoms with van der Waals surface area (Å²) in [7, 11) is 0. The molecular weight excluding hydrogens is 779 g/mol. The molecule has 1 amide bonds. The van der Waals surface area contributed by atoms with Crippen molar-refractivity contribution in [3.05, 3.63) is 201 Å². The predicted octanol–water partition coefficient (Wildman–Crippen LogP) is 7.00. The van der Waals surface area contributed by atoms with Crippen LogP contribution in [0.4, 0.5) is 5.82 Å². The Labute approximate surface area is 351 Å². The number of aromatic nitrogens is 2. The van der Waals surface area contributed by atoms with Crippen LogP contribution in [0.2, 0.25) is 0 Å². The maximum atomic E-state index is 14.3. The van der Waals surface area contributed by atoms with Crippen molar-refractivity contribution in [2.24, 2.45) is 0 Å². The third kappa shape index (κ3) is 9.98. The molecule has 13 heteroatoms. The predicted molar refractivity (Wildman–Crippen MR) is 224 cm³/mol. The molecule has 1 fully saturated rings. The third-order valence-electron chi connectivity index (χ3n) is 10.1. The summed E-state index contributed by atoms with van der Waals surface area (Å²) in [6, 6.07) is 38.9. The zero-order chi connectivity index (χ0) is 42.9. The van der Waals surface area contributed by atoms with Crippen molar-refractivity contribution in [1.29, 1.82) is 0 Å². The van der Waals surface area contributed by atoms with E-state index in [9.17, 15) is 24.0 Å². The van der Waals surface area contributed by atoms with Crippen molar-refractivity contribution in [2.45, 2.75) is 51.4 Å². The van der Waals surface area contributed by atoms with Gasteiger partial charge in [-0.05, 0) is 80.9 Å². The van der Waals surface area contributed by atoms with Crippen molar-refractivity contribution in [3.8, 4) is 0 Å². The molecule has 0 radical (unpaired) electrons. The molecule has 310 valence electrons. The molecule has 61 heavy (non-hydrogen) atoms. The number of rotatable bonds is 14. The highest BCUT2D eigenvalue weighted by molar-refractivity contribution is 6.03. The Kier molecular flexibility index (Phi) is 12.9. The molecule has 13 nitrogen and oxygen atoms in total. The van der Waals surface area contributed by atoms with E-state index < -0.39 is 60.1 Å². The number of amides is 1. The maximum Gasteiger partial charge on any atom is 0.352 e. The summed E-state index contributed by atoms with van der Waals surface area (Å²) >= 11 is 0. The van der Waals surface area contributed by atoms with E-state index >= 15 is 0 Å². The molecule has 7 rings (SSSR count). The largest absolute Gasteiger partial charge is 0.457 e. The number of esters is 3. The minimum Gasteiger partial charge on any atom is -0.457 e. The van der Waals surface area contributed by atoms with Gasteiger partial charge in [0.15, 0.2) is 12.2 Å². The van der Waals surface area contributed by atoms with Gasteiger partial charge in [0.2, 0.25) is 5.72 Å². The standard InChI is InChI=1S/C48H43N3O10/c1-31-14-20-36(21-15-31)44(53)58-30-48(51-27-26-40(50-47(51)56)49-43(52)35-12-8-5-9-13-35)42(60-46(55)38-24-18-33(3)19-25-38)41(59-45(54)37-22-16-32(2)17-23-37)39(61-48)29-57-28-34-10-6-4-7-11-34/h4-27,39,41-42H,28-30H2,1-3H3,(H,49,50,52,56)/t39-,41-,42-,48-/m1/s1. The average Bonchev–Trinajstić information content (AvgIpc) is 3.55. The lowest BCUT2D eigenvalue weighted by molar-refractivity contribution is -0.179. The van der Waals surface area contributed by atoms with Gasteiger partial charge < -0.3 is 29.0 Å². The quantitative estimate of drug-likeness (QED) is 0.0890. The van der Waals surface area contributed by atoms with Crippen molar-refractivity contribution >= 4 is 29.6 Å². The summed E-state index contributed by atoms with van der Waals surface area (Å²) in [4.78, 5) is 73.4. The fraction of sp³-hybridized carbons (Fsp3) is 0.208. The second kappa shape index (κ2) is 18.8. The first-order valence-corrected chi connectivity index (χ1v) is 19.5. The number of nitrogens with zero attached hydrogens (tertiary/aromatic N) is 2. The Hall–Kier alpha value is -7.22. The molecule has 0 bridgehead atoms. The Morgan fingerprint density at radius 1 is 0.656 bits per heavy atom. The number of carbonyl (C=O) groups is 4. The van der Waals surface area contributed by atoms with Crippen molar-refractivity contribution in [1.82, 2.24) is 9.55 Å². The molecular formula is C48H43N3O10. The molecule has 2 heterocycles. The summed E-state index contributed by atoms with van der Waals surface area (Å²) in [5.74, 6) is -3.03. The molecule has 1 aliphatic rings. The number of ether oxygens (including phenoxy) is 5. The normalized spacial score (nSPS) is 18.2. The van der Waals surface area contributed by atoms with Crippen LogP contribution in [0, 0.1) is 20.8 Å². The number of nitrogens with one attached hydrogen (secondary N) is 1. The number of benzene rings is 5. The van der Waals surface area contributed by atoms with Gasteiger partial charge >= 0.3 is 23.6 Å². The van der Waals surface area contributed by atoms with E-state index in [0.29, 0.717) is 5.56 Å². The molecule has 0 aliphatic carbocycles. The molecule has 0 unspecified atom stereocenters.